The molecule has 0 aliphatic heterocycles. The summed E-state index contributed by atoms with van der Waals surface area (Å²) in [6.45, 7) is -0.0997. The molecular weight excluding hydrogens is 308 g/mol. The van der Waals surface area contributed by atoms with E-state index in [1.807, 2.05) is 0 Å². The Hall–Kier alpha value is -1.21. The lowest BCUT2D eigenvalue weighted by atomic mass is 10.0. The fourth-order valence-electron chi connectivity index (χ4n) is 1.46. The highest BCUT2D eigenvalue weighted by Crippen LogP contribution is 2.22. The van der Waals surface area contributed by atoms with E-state index in [0.717, 1.165) is 0 Å². The number of carbonyl (C=O) groups excluding carboxylic acids is 1. The lowest BCUT2D eigenvalue weighted by Crippen LogP contribution is -2.01. The van der Waals surface area contributed by atoms with Crippen LogP contribution in [0.4, 0.5) is 0 Å². The molecule has 0 fully saturated rings. The summed E-state index contributed by atoms with van der Waals surface area (Å²) < 4.78 is 25.1. The molecule has 0 aliphatic carbocycles. The summed E-state index contributed by atoms with van der Waals surface area (Å²) in [5, 5.41) is 3.64. The molecule has 2 rings (SSSR count). The van der Waals surface area contributed by atoms with Crippen molar-refractivity contribution in [3.63, 3.8) is 0 Å². The summed E-state index contributed by atoms with van der Waals surface area (Å²) in [4.78, 5) is 12.1. The van der Waals surface area contributed by atoms with E-state index in [4.69, 9.17) is 11.6 Å². The number of rotatable bonds is 5. The van der Waals surface area contributed by atoms with Gasteiger partial charge in [-0.3, -0.25) is 8.98 Å². The third-order valence-corrected chi connectivity index (χ3v) is 3.61. The Bertz CT molecular complexity index is 654. The molecule has 19 heavy (non-hydrogen) atoms. The Balaban J connectivity index is 2.22. The van der Waals surface area contributed by atoms with Crippen molar-refractivity contribution in [2.75, 3.05) is 0 Å². The van der Waals surface area contributed by atoms with Gasteiger partial charge in [0, 0.05) is 22.6 Å². The van der Waals surface area contributed by atoms with Crippen molar-refractivity contribution in [1.82, 2.24) is 0 Å². The second-order valence-corrected chi connectivity index (χ2v) is 5.43. The smallest absolute Gasteiger partial charge is 0.257 e. The van der Waals surface area contributed by atoms with E-state index in [1.54, 1.807) is 22.9 Å². The normalized spacial score (nSPS) is 10.8. The monoisotopic (exact) mass is 315 g/mol. The predicted octanol–water partition coefficient (Wildman–Crippen LogP) is 2.48. The Labute approximate surface area is 120 Å². The molecule has 2 aromatic rings. The number of hydrogen-bond acceptors (Lipinski definition) is 5. The van der Waals surface area contributed by atoms with Gasteiger partial charge in [-0.25, -0.2) is 8.42 Å². The average Bonchev–Trinajstić information content (AvgIpc) is 2.89. The highest BCUT2D eigenvalue weighted by Gasteiger charge is 2.13. The zero-order valence-electron chi connectivity index (χ0n) is 9.46. The van der Waals surface area contributed by atoms with Gasteiger partial charge >= 0.3 is 0 Å². The van der Waals surface area contributed by atoms with Gasteiger partial charge in [-0.15, -0.1) is 0 Å². The molecule has 0 N–H and O–H groups in total. The molecule has 99 valence electrons. The molecule has 1 aromatic carbocycles. The highest BCUT2D eigenvalue weighted by molar-refractivity contribution is 7.67. The largest absolute Gasteiger partial charge is 0.289 e. The van der Waals surface area contributed by atoms with E-state index < -0.39 is 11.0 Å². The molecule has 4 nitrogen and oxygen atoms in total. The van der Waals surface area contributed by atoms with Crippen LogP contribution < -0.4 is 0 Å². The Morgan fingerprint density at radius 3 is 2.79 bits per heavy atom. The van der Waals surface area contributed by atoms with Crippen molar-refractivity contribution in [1.29, 1.82) is 0 Å². The van der Waals surface area contributed by atoms with E-state index in [-0.39, 0.29) is 17.4 Å². The van der Waals surface area contributed by atoms with Crippen molar-refractivity contribution >= 4 is 39.7 Å². The maximum Gasteiger partial charge on any atom is 0.257 e. The molecule has 0 saturated heterocycles. The minimum Gasteiger partial charge on any atom is -0.289 e. The summed E-state index contributed by atoms with van der Waals surface area (Å²) in [5.74, 6) is -0.214. The average molecular weight is 316 g/mol. The van der Waals surface area contributed by atoms with Gasteiger partial charge in [0.15, 0.2) is 5.78 Å². The molecule has 1 heterocycles. The van der Waals surface area contributed by atoms with E-state index in [0.29, 0.717) is 16.7 Å². The van der Waals surface area contributed by atoms with Gasteiger partial charge in [0.1, 0.15) is 0 Å². The first-order valence-corrected chi connectivity index (χ1v) is 7.54. The highest BCUT2D eigenvalue weighted by atomic mass is 35.5. The molecule has 1 radical (unpaired) electrons. The number of thiophene rings is 1. The van der Waals surface area contributed by atoms with Gasteiger partial charge in [0.05, 0.1) is 11.6 Å². The van der Waals surface area contributed by atoms with Crippen molar-refractivity contribution < 1.29 is 17.4 Å². The zero-order valence-corrected chi connectivity index (χ0v) is 11.9. The molecular formula is C12H8ClO4S2. The molecule has 0 unspecified atom stereocenters. The van der Waals surface area contributed by atoms with Crippen LogP contribution in [0.3, 0.4) is 0 Å². The van der Waals surface area contributed by atoms with Gasteiger partial charge in [-0.1, -0.05) is 17.7 Å². The van der Waals surface area contributed by atoms with E-state index in [1.165, 1.54) is 17.4 Å². The summed E-state index contributed by atoms with van der Waals surface area (Å²) >= 11 is 7.39. The number of thiol groups is 1. The molecule has 0 saturated carbocycles. The minimum absolute atomic E-state index is 0.0997. The van der Waals surface area contributed by atoms with E-state index in [9.17, 15) is 13.2 Å². The van der Waals surface area contributed by atoms with Gasteiger partial charge in [0.2, 0.25) is 0 Å². The van der Waals surface area contributed by atoms with Crippen LogP contribution in [0, 0.1) is 6.07 Å². The summed E-state index contributed by atoms with van der Waals surface area (Å²) in [7, 11) is -2.90. The van der Waals surface area contributed by atoms with Gasteiger partial charge in [-0.05, 0) is 23.1 Å². The van der Waals surface area contributed by atoms with Crippen LogP contribution in [0.2, 0.25) is 5.02 Å². The quantitative estimate of drug-likeness (QED) is 0.680. The summed E-state index contributed by atoms with van der Waals surface area (Å²) in [5.41, 5.74) is 1.39. The number of halogens is 1. The van der Waals surface area contributed by atoms with Crippen molar-refractivity contribution in [3.05, 3.63) is 56.7 Å². The second-order valence-electron chi connectivity index (χ2n) is 3.57. The predicted molar refractivity (Wildman–Crippen MR) is 73.1 cm³/mol. The first kappa shape index (κ1) is 14.2. The Morgan fingerprint density at radius 2 is 2.21 bits per heavy atom. The SMILES string of the molecule is O=C(c1[c]csc1)c1ccc(CO[SH](=O)=O)cc1Cl. The second kappa shape index (κ2) is 6.29. The van der Waals surface area contributed by atoms with Gasteiger partial charge in [-0.2, -0.15) is 11.3 Å². The van der Waals surface area contributed by atoms with E-state index >= 15 is 0 Å². The van der Waals surface area contributed by atoms with Crippen LogP contribution in [0.1, 0.15) is 21.5 Å². The maximum atomic E-state index is 12.1. The first-order chi connectivity index (χ1) is 9.08. The van der Waals surface area contributed by atoms with Crippen molar-refractivity contribution in [3.8, 4) is 0 Å². The van der Waals surface area contributed by atoms with Crippen LogP contribution in [-0.4, -0.2) is 14.2 Å². The molecule has 1 aromatic heterocycles. The molecule has 0 amide bonds. The van der Waals surface area contributed by atoms with E-state index in [2.05, 4.69) is 10.2 Å². The van der Waals surface area contributed by atoms with Crippen LogP contribution in [0.5, 0.6) is 0 Å². The van der Waals surface area contributed by atoms with Crippen LogP contribution in [0.15, 0.2) is 29.0 Å². The minimum atomic E-state index is -2.90. The van der Waals surface area contributed by atoms with Crippen molar-refractivity contribution in [2.24, 2.45) is 0 Å². The van der Waals surface area contributed by atoms with Crippen LogP contribution in [0.25, 0.3) is 0 Å². The van der Waals surface area contributed by atoms with Crippen LogP contribution in [-0.2, 0) is 21.8 Å². The molecule has 0 aliphatic rings. The lowest BCUT2D eigenvalue weighted by Gasteiger charge is -2.04. The molecule has 7 heteroatoms. The fourth-order valence-corrected chi connectivity index (χ4v) is 2.58. The maximum absolute atomic E-state index is 12.1. The molecule has 0 atom stereocenters. The topological polar surface area (TPSA) is 60.4 Å². The third-order valence-electron chi connectivity index (χ3n) is 2.33. The molecule has 0 bridgehead atoms. The fraction of sp³-hybridized carbons (Fsp3) is 0.0833. The van der Waals surface area contributed by atoms with Crippen LogP contribution >= 0.6 is 22.9 Å². The number of ketones is 1. The van der Waals surface area contributed by atoms with Gasteiger partial charge < -0.3 is 0 Å². The van der Waals surface area contributed by atoms with Crippen molar-refractivity contribution in [2.45, 2.75) is 6.61 Å². The number of carbonyl (C=O) groups is 1. The summed E-state index contributed by atoms with van der Waals surface area (Å²) in [6, 6.07) is 7.49. The first-order valence-electron chi connectivity index (χ1n) is 5.12. The number of hydrogen-bond donors (Lipinski definition) is 1. The standard InChI is InChI=1S/C12H8ClO4S2/c13-11-5-8(6-17-19(15)16)1-2-10(11)12(14)9-3-4-18-7-9/h1-2,4-5,7,19H,6H2. The zero-order chi connectivity index (χ0) is 13.8. The third kappa shape index (κ3) is 3.63. The lowest BCUT2D eigenvalue weighted by molar-refractivity contribution is 0.103. The van der Waals surface area contributed by atoms with Gasteiger partial charge in [0.25, 0.3) is 11.0 Å². The number of benzene rings is 1. The Kier molecular flexibility index (Phi) is 4.71. The summed E-state index contributed by atoms with van der Waals surface area (Å²) in [6.07, 6.45) is 0. The Morgan fingerprint density at radius 1 is 1.42 bits per heavy atom. The molecule has 0 spiro atoms.